The summed E-state index contributed by atoms with van der Waals surface area (Å²) in [5.41, 5.74) is 5.29. The van der Waals surface area contributed by atoms with E-state index in [0.717, 1.165) is 48.9 Å². The summed E-state index contributed by atoms with van der Waals surface area (Å²) in [6.45, 7) is 0.825. The maximum absolute atomic E-state index is 13.5. The number of fused-ring (bicyclic) bond motifs is 4. The summed E-state index contributed by atoms with van der Waals surface area (Å²) in [4.78, 5) is 24.6. The van der Waals surface area contributed by atoms with E-state index in [1.807, 2.05) is 16.8 Å². The Labute approximate surface area is 184 Å². The van der Waals surface area contributed by atoms with E-state index >= 15 is 0 Å². The molecule has 31 heavy (non-hydrogen) atoms. The summed E-state index contributed by atoms with van der Waals surface area (Å²) in [6, 6.07) is 13.2. The number of benzene rings is 1. The lowest BCUT2D eigenvalue weighted by molar-refractivity contribution is 0.462. The molecule has 0 fully saturated rings. The standard InChI is InChI=1S/C25H24N4OS/c30-25-23-21-8-7-19(27-14-16-4-3-9-26-13-16)12-22(21)31-24(23)28-15-29(25)20-10-17-5-1-2-6-18(17)11-20/h1-6,9,13,15,19-20,27H,7-8,10-12,14H2/t19-/m1/s1. The Morgan fingerprint density at radius 1 is 1.10 bits per heavy atom. The van der Waals surface area contributed by atoms with Crippen molar-refractivity contribution < 1.29 is 0 Å². The number of aryl methyl sites for hydroxylation is 1. The SMILES string of the molecule is O=c1c2c3c(sc2ncn1C1Cc2ccccc2C1)C[C@H](NCc1cccnc1)CC3. The van der Waals surface area contributed by atoms with Crippen LogP contribution in [0.25, 0.3) is 10.2 Å². The molecule has 1 atom stereocenters. The summed E-state index contributed by atoms with van der Waals surface area (Å²) in [5, 5.41) is 4.53. The Balaban J connectivity index is 1.26. The van der Waals surface area contributed by atoms with Crippen molar-refractivity contribution in [2.45, 2.75) is 50.7 Å². The van der Waals surface area contributed by atoms with Crippen molar-refractivity contribution in [3.8, 4) is 0 Å². The molecule has 5 nitrogen and oxygen atoms in total. The zero-order chi connectivity index (χ0) is 20.8. The Morgan fingerprint density at radius 3 is 2.71 bits per heavy atom. The van der Waals surface area contributed by atoms with Gasteiger partial charge in [-0.3, -0.25) is 14.3 Å². The Bertz CT molecular complexity index is 1290. The van der Waals surface area contributed by atoms with Crippen LogP contribution in [-0.4, -0.2) is 20.6 Å². The minimum Gasteiger partial charge on any atom is -0.309 e. The Kier molecular flexibility index (Phi) is 4.69. The first-order valence-electron chi connectivity index (χ1n) is 11.0. The maximum atomic E-state index is 13.5. The number of pyridine rings is 1. The van der Waals surface area contributed by atoms with Gasteiger partial charge >= 0.3 is 0 Å². The summed E-state index contributed by atoms with van der Waals surface area (Å²) in [5.74, 6) is 0. The third kappa shape index (κ3) is 3.40. The van der Waals surface area contributed by atoms with Crippen molar-refractivity contribution in [3.05, 3.63) is 92.6 Å². The molecule has 6 heteroatoms. The van der Waals surface area contributed by atoms with Gasteiger partial charge in [0, 0.05) is 35.9 Å². The number of nitrogens with one attached hydrogen (secondary N) is 1. The van der Waals surface area contributed by atoms with Crippen molar-refractivity contribution in [2.24, 2.45) is 0 Å². The number of rotatable bonds is 4. The van der Waals surface area contributed by atoms with Crippen LogP contribution in [0.1, 0.15) is 39.6 Å². The molecule has 0 unspecified atom stereocenters. The number of aromatic nitrogens is 3. The van der Waals surface area contributed by atoms with Crippen LogP contribution in [-0.2, 0) is 32.2 Å². The zero-order valence-electron chi connectivity index (χ0n) is 17.3. The van der Waals surface area contributed by atoms with Gasteiger partial charge in [0.1, 0.15) is 4.83 Å². The van der Waals surface area contributed by atoms with Crippen LogP contribution < -0.4 is 10.9 Å². The van der Waals surface area contributed by atoms with Crippen LogP contribution in [0.4, 0.5) is 0 Å². The first kappa shape index (κ1) is 18.9. The van der Waals surface area contributed by atoms with Crippen molar-refractivity contribution in [3.63, 3.8) is 0 Å². The molecule has 6 rings (SSSR count). The van der Waals surface area contributed by atoms with E-state index in [-0.39, 0.29) is 11.6 Å². The highest BCUT2D eigenvalue weighted by atomic mass is 32.1. The number of hydrogen-bond acceptors (Lipinski definition) is 5. The van der Waals surface area contributed by atoms with Gasteiger partial charge in [-0.05, 0) is 60.4 Å². The largest absolute Gasteiger partial charge is 0.309 e. The average Bonchev–Trinajstić information content (AvgIpc) is 3.39. The van der Waals surface area contributed by atoms with Crippen molar-refractivity contribution in [2.75, 3.05) is 0 Å². The van der Waals surface area contributed by atoms with Crippen molar-refractivity contribution >= 4 is 21.6 Å². The first-order chi connectivity index (χ1) is 15.3. The predicted molar refractivity (Wildman–Crippen MR) is 124 cm³/mol. The first-order valence-corrected chi connectivity index (χ1v) is 11.8. The second-order valence-electron chi connectivity index (χ2n) is 8.65. The molecule has 0 amide bonds. The summed E-state index contributed by atoms with van der Waals surface area (Å²) < 4.78 is 1.89. The molecule has 1 aromatic carbocycles. The molecule has 0 radical (unpaired) electrons. The number of thiophene rings is 1. The number of nitrogens with zero attached hydrogens (tertiary/aromatic N) is 3. The smallest absolute Gasteiger partial charge is 0.262 e. The van der Waals surface area contributed by atoms with Gasteiger partial charge in [-0.1, -0.05) is 30.3 Å². The normalized spacial score (nSPS) is 18.3. The molecular weight excluding hydrogens is 404 g/mol. The van der Waals surface area contributed by atoms with Gasteiger partial charge in [-0.15, -0.1) is 11.3 Å². The molecule has 0 saturated heterocycles. The van der Waals surface area contributed by atoms with E-state index in [4.69, 9.17) is 4.98 Å². The van der Waals surface area contributed by atoms with Crippen LogP contribution in [0, 0.1) is 0 Å². The van der Waals surface area contributed by atoms with Gasteiger partial charge in [0.2, 0.25) is 0 Å². The Hall–Kier alpha value is -2.83. The second-order valence-corrected chi connectivity index (χ2v) is 9.74. The molecule has 0 aliphatic heterocycles. The lowest BCUT2D eigenvalue weighted by Crippen LogP contribution is -2.34. The highest BCUT2D eigenvalue weighted by Crippen LogP contribution is 2.35. The van der Waals surface area contributed by atoms with Crippen LogP contribution in [0.5, 0.6) is 0 Å². The quantitative estimate of drug-likeness (QED) is 0.537. The van der Waals surface area contributed by atoms with Gasteiger partial charge in [-0.2, -0.15) is 0 Å². The molecule has 2 aliphatic carbocycles. The molecule has 3 heterocycles. The summed E-state index contributed by atoms with van der Waals surface area (Å²) in [6.07, 6.45) is 10.3. The van der Waals surface area contributed by atoms with Gasteiger partial charge in [0.05, 0.1) is 11.7 Å². The van der Waals surface area contributed by atoms with E-state index in [1.165, 1.54) is 27.1 Å². The lowest BCUT2D eigenvalue weighted by atomic mass is 9.93. The monoisotopic (exact) mass is 428 g/mol. The highest BCUT2D eigenvalue weighted by molar-refractivity contribution is 7.18. The van der Waals surface area contributed by atoms with E-state index in [2.05, 4.69) is 40.6 Å². The molecular formula is C25H24N4OS. The van der Waals surface area contributed by atoms with E-state index in [9.17, 15) is 4.79 Å². The molecule has 0 bridgehead atoms. The van der Waals surface area contributed by atoms with E-state index in [1.54, 1.807) is 23.9 Å². The molecule has 2 aliphatic rings. The minimum atomic E-state index is 0.141. The average molecular weight is 429 g/mol. The fraction of sp³-hybridized carbons (Fsp3) is 0.320. The van der Waals surface area contributed by atoms with Crippen LogP contribution in [0.3, 0.4) is 0 Å². The van der Waals surface area contributed by atoms with Gasteiger partial charge in [-0.25, -0.2) is 4.98 Å². The maximum Gasteiger partial charge on any atom is 0.262 e. The van der Waals surface area contributed by atoms with Gasteiger partial charge < -0.3 is 5.32 Å². The zero-order valence-corrected chi connectivity index (χ0v) is 18.1. The van der Waals surface area contributed by atoms with Crippen LogP contribution in [0.2, 0.25) is 0 Å². The number of hydrogen-bond donors (Lipinski definition) is 1. The fourth-order valence-electron chi connectivity index (χ4n) is 5.11. The van der Waals surface area contributed by atoms with Crippen LogP contribution >= 0.6 is 11.3 Å². The van der Waals surface area contributed by atoms with E-state index in [0.29, 0.717) is 6.04 Å². The summed E-state index contributed by atoms with van der Waals surface area (Å²) >= 11 is 1.70. The lowest BCUT2D eigenvalue weighted by Gasteiger charge is -2.23. The molecule has 3 aromatic heterocycles. The van der Waals surface area contributed by atoms with Crippen LogP contribution in [0.15, 0.2) is 59.9 Å². The minimum absolute atomic E-state index is 0.141. The topological polar surface area (TPSA) is 59.8 Å². The third-order valence-corrected chi connectivity index (χ3v) is 7.90. The van der Waals surface area contributed by atoms with Crippen molar-refractivity contribution in [1.82, 2.24) is 19.9 Å². The van der Waals surface area contributed by atoms with Crippen molar-refractivity contribution in [1.29, 1.82) is 0 Å². The Morgan fingerprint density at radius 2 is 1.94 bits per heavy atom. The summed E-state index contributed by atoms with van der Waals surface area (Å²) in [7, 11) is 0. The third-order valence-electron chi connectivity index (χ3n) is 6.73. The fourth-order valence-corrected chi connectivity index (χ4v) is 6.37. The van der Waals surface area contributed by atoms with Gasteiger partial charge in [0.15, 0.2) is 0 Å². The molecule has 1 N–H and O–H groups in total. The molecule has 0 saturated carbocycles. The van der Waals surface area contributed by atoms with E-state index < -0.39 is 0 Å². The highest BCUT2D eigenvalue weighted by Gasteiger charge is 2.28. The molecule has 4 aromatic rings. The second kappa shape index (κ2) is 7.70. The predicted octanol–water partition coefficient (Wildman–Crippen LogP) is 3.84. The molecule has 0 spiro atoms. The van der Waals surface area contributed by atoms with Gasteiger partial charge in [0.25, 0.3) is 5.56 Å². The molecule has 156 valence electrons.